The zero-order valence-corrected chi connectivity index (χ0v) is 7.09. The fraction of sp³-hybridized carbons (Fsp3) is 0.333. The molecule has 3 rings (SSSR count). The molecule has 0 N–H and O–H groups in total. The topological polar surface area (TPSA) is 0 Å². The summed E-state index contributed by atoms with van der Waals surface area (Å²) in [4.78, 5) is 0. The minimum atomic E-state index is 0.575. The Hall–Kier alpha value is -1.04. The van der Waals surface area contributed by atoms with E-state index >= 15 is 0 Å². The lowest BCUT2D eigenvalue weighted by Gasteiger charge is -2.20. The van der Waals surface area contributed by atoms with Crippen molar-refractivity contribution in [3.63, 3.8) is 0 Å². The van der Waals surface area contributed by atoms with Crippen molar-refractivity contribution in [1.29, 1.82) is 0 Å². The van der Waals surface area contributed by atoms with E-state index in [1.54, 1.807) is 5.56 Å². The van der Waals surface area contributed by atoms with E-state index < -0.39 is 0 Å². The van der Waals surface area contributed by atoms with Crippen molar-refractivity contribution in [2.75, 3.05) is 0 Å². The molecule has 0 amide bonds. The molecule has 1 saturated carbocycles. The molecule has 0 radical (unpaired) electrons. The molecule has 0 atom stereocenters. The van der Waals surface area contributed by atoms with Gasteiger partial charge in [0.05, 0.1) is 0 Å². The molecule has 1 aromatic rings. The predicted molar refractivity (Wildman–Crippen MR) is 51.0 cm³/mol. The normalized spacial score (nSPS) is 22.3. The molecule has 60 valence electrons. The summed E-state index contributed by atoms with van der Waals surface area (Å²) in [5.74, 6) is 0. The van der Waals surface area contributed by atoms with Gasteiger partial charge in [-0.3, -0.25) is 0 Å². The number of fused-ring (bicyclic) bond motifs is 2. The first kappa shape index (κ1) is 6.47. The van der Waals surface area contributed by atoms with Gasteiger partial charge < -0.3 is 0 Å². The van der Waals surface area contributed by atoms with E-state index in [0.717, 1.165) is 0 Å². The van der Waals surface area contributed by atoms with Gasteiger partial charge in [-0.25, -0.2) is 0 Å². The number of benzene rings is 1. The quantitative estimate of drug-likeness (QED) is 0.541. The van der Waals surface area contributed by atoms with Crippen LogP contribution in [0.25, 0.3) is 6.08 Å². The van der Waals surface area contributed by atoms with E-state index in [0.29, 0.717) is 5.41 Å². The fourth-order valence-corrected chi connectivity index (χ4v) is 2.27. The van der Waals surface area contributed by atoms with Gasteiger partial charge in [0.1, 0.15) is 0 Å². The molecule has 0 unspecified atom stereocenters. The molecule has 0 heterocycles. The number of allylic oxidation sites excluding steroid dienone is 1. The Morgan fingerprint density at radius 3 is 2.75 bits per heavy atom. The molecular formula is C12H12. The Morgan fingerprint density at radius 2 is 1.92 bits per heavy atom. The molecular weight excluding hydrogens is 144 g/mol. The van der Waals surface area contributed by atoms with Crippen LogP contribution < -0.4 is 0 Å². The third-order valence-corrected chi connectivity index (χ3v) is 3.19. The summed E-state index contributed by atoms with van der Waals surface area (Å²) in [6.07, 6.45) is 8.65. The second-order valence-corrected chi connectivity index (χ2v) is 3.97. The molecule has 12 heavy (non-hydrogen) atoms. The number of hydrogen-bond donors (Lipinski definition) is 0. The number of hydrogen-bond acceptors (Lipinski definition) is 0. The highest BCUT2D eigenvalue weighted by molar-refractivity contribution is 5.60. The third-order valence-electron chi connectivity index (χ3n) is 3.19. The third kappa shape index (κ3) is 0.726. The van der Waals surface area contributed by atoms with E-state index in [1.165, 1.54) is 24.8 Å². The fourth-order valence-electron chi connectivity index (χ4n) is 2.27. The van der Waals surface area contributed by atoms with Crippen LogP contribution >= 0.6 is 0 Å². The highest BCUT2D eigenvalue weighted by Gasteiger charge is 2.44. The lowest BCUT2D eigenvalue weighted by atomic mass is 9.84. The van der Waals surface area contributed by atoms with Crippen molar-refractivity contribution >= 4 is 6.08 Å². The Labute approximate surface area is 72.9 Å². The van der Waals surface area contributed by atoms with Crippen LogP contribution in [-0.2, 0) is 5.41 Å². The van der Waals surface area contributed by atoms with Gasteiger partial charge >= 0.3 is 0 Å². The summed E-state index contributed by atoms with van der Waals surface area (Å²) < 4.78 is 0. The van der Waals surface area contributed by atoms with E-state index in [4.69, 9.17) is 0 Å². The first-order valence-electron chi connectivity index (χ1n) is 4.67. The second kappa shape index (κ2) is 2.01. The predicted octanol–water partition coefficient (Wildman–Crippen LogP) is 3.14. The monoisotopic (exact) mass is 156 g/mol. The molecule has 0 bridgehead atoms. The average molecular weight is 156 g/mol. The maximum atomic E-state index is 2.33. The van der Waals surface area contributed by atoms with Crippen molar-refractivity contribution in [2.24, 2.45) is 0 Å². The van der Waals surface area contributed by atoms with Gasteiger partial charge in [-0.05, 0) is 35.8 Å². The van der Waals surface area contributed by atoms with Gasteiger partial charge in [-0.1, -0.05) is 36.4 Å². The van der Waals surface area contributed by atoms with Crippen LogP contribution in [0.2, 0.25) is 0 Å². The number of rotatable bonds is 0. The Bertz CT molecular complexity index is 343. The minimum Gasteiger partial charge on any atom is -0.0830 e. The molecule has 2 aliphatic rings. The van der Waals surface area contributed by atoms with Crippen molar-refractivity contribution in [2.45, 2.75) is 24.7 Å². The van der Waals surface area contributed by atoms with Crippen LogP contribution in [0.3, 0.4) is 0 Å². The summed E-state index contributed by atoms with van der Waals surface area (Å²) in [5.41, 5.74) is 3.61. The zero-order valence-electron chi connectivity index (χ0n) is 7.09. The SMILES string of the molecule is C1=Cc2ccccc2C2(C1)CC2. The largest absolute Gasteiger partial charge is 0.0830 e. The summed E-state index contributed by atoms with van der Waals surface area (Å²) in [6, 6.07) is 8.82. The van der Waals surface area contributed by atoms with Crippen molar-refractivity contribution < 1.29 is 0 Å². The highest BCUT2D eigenvalue weighted by Crippen LogP contribution is 2.54. The molecule has 2 aliphatic carbocycles. The maximum Gasteiger partial charge on any atom is -0.000587 e. The Morgan fingerprint density at radius 1 is 1.08 bits per heavy atom. The van der Waals surface area contributed by atoms with Crippen LogP contribution in [0, 0.1) is 0 Å². The summed E-state index contributed by atoms with van der Waals surface area (Å²) in [6.45, 7) is 0. The van der Waals surface area contributed by atoms with Crippen LogP contribution in [-0.4, -0.2) is 0 Å². The first-order valence-corrected chi connectivity index (χ1v) is 4.67. The summed E-state index contributed by atoms with van der Waals surface area (Å²) in [7, 11) is 0. The van der Waals surface area contributed by atoms with Gasteiger partial charge in [0.15, 0.2) is 0 Å². The molecule has 1 spiro atoms. The Balaban J connectivity index is 2.23. The van der Waals surface area contributed by atoms with E-state index in [-0.39, 0.29) is 0 Å². The summed E-state index contributed by atoms with van der Waals surface area (Å²) in [5, 5.41) is 0. The van der Waals surface area contributed by atoms with Gasteiger partial charge in [0.2, 0.25) is 0 Å². The smallest absolute Gasteiger partial charge is 0.000587 e. The molecule has 0 aromatic heterocycles. The van der Waals surface area contributed by atoms with Gasteiger partial charge in [-0.15, -0.1) is 0 Å². The average Bonchev–Trinajstić information content (AvgIpc) is 2.87. The van der Waals surface area contributed by atoms with Gasteiger partial charge in [0, 0.05) is 0 Å². The van der Waals surface area contributed by atoms with E-state index in [1.807, 2.05) is 0 Å². The maximum absolute atomic E-state index is 2.33. The first-order chi connectivity index (χ1) is 5.91. The van der Waals surface area contributed by atoms with Gasteiger partial charge in [0.25, 0.3) is 0 Å². The van der Waals surface area contributed by atoms with Crippen molar-refractivity contribution in [3.8, 4) is 0 Å². The standard InChI is InChI=1S/C12H12/c1-2-6-11-10(4-1)5-3-7-12(11)8-9-12/h1-6H,7-9H2. The van der Waals surface area contributed by atoms with Crippen LogP contribution in [0.15, 0.2) is 30.3 Å². The summed E-state index contributed by atoms with van der Waals surface area (Å²) >= 11 is 0. The molecule has 1 aromatic carbocycles. The highest BCUT2D eigenvalue weighted by atomic mass is 14.5. The van der Waals surface area contributed by atoms with Crippen LogP contribution in [0.1, 0.15) is 30.4 Å². The van der Waals surface area contributed by atoms with E-state index in [2.05, 4.69) is 36.4 Å². The van der Waals surface area contributed by atoms with Gasteiger partial charge in [-0.2, -0.15) is 0 Å². The zero-order chi connectivity index (χ0) is 8.02. The van der Waals surface area contributed by atoms with Crippen LogP contribution in [0.5, 0.6) is 0 Å². The lowest BCUT2D eigenvalue weighted by molar-refractivity contribution is 0.698. The minimum absolute atomic E-state index is 0.575. The lowest BCUT2D eigenvalue weighted by Crippen LogP contribution is -2.09. The van der Waals surface area contributed by atoms with Crippen molar-refractivity contribution in [3.05, 3.63) is 41.5 Å². The second-order valence-electron chi connectivity index (χ2n) is 3.97. The molecule has 0 nitrogen and oxygen atoms in total. The van der Waals surface area contributed by atoms with E-state index in [9.17, 15) is 0 Å². The molecule has 1 fully saturated rings. The van der Waals surface area contributed by atoms with Crippen molar-refractivity contribution in [1.82, 2.24) is 0 Å². The van der Waals surface area contributed by atoms with Crippen LogP contribution in [0.4, 0.5) is 0 Å². The molecule has 0 aliphatic heterocycles. The molecule has 0 saturated heterocycles. The Kier molecular flexibility index (Phi) is 1.08. The molecule has 0 heteroatoms.